The van der Waals surface area contributed by atoms with Crippen molar-refractivity contribution in [3.05, 3.63) is 50.7 Å². The van der Waals surface area contributed by atoms with Gasteiger partial charge in [-0.3, -0.25) is 0 Å². The fourth-order valence-corrected chi connectivity index (χ4v) is 2.75. The van der Waals surface area contributed by atoms with Crippen LogP contribution in [0.4, 0.5) is 14.5 Å². The third-order valence-electron chi connectivity index (χ3n) is 2.67. The predicted octanol–water partition coefficient (Wildman–Crippen LogP) is 4.55. The maximum Gasteiger partial charge on any atom is 0.335 e. The molecular weight excluding hydrogens is 308 g/mol. The third-order valence-corrected chi connectivity index (χ3v) is 4.08. The number of carboxylic acids is 1. The molecule has 0 aliphatic heterocycles. The molecule has 1 aromatic heterocycles. The number of aromatic carboxylic acids is 1. The smallest absolute Gasteiger partial charge is 0.335 e. The molecule has 2 N–H and O–H groups in total. The standard InChI is InChI=1S/C13H10ClF2NO2S/c1-6(10-2-3-11(14)20-10)17-12-8(15)4-7(13(18)19)5-9(12)16/h2-6,17H,1H3,(H,18,19). The van der Waals surface area contributed by atoms with Gasteiger partial charge in [-0.1, -0.05) is 11.6 Å². The van der Waals surface area contributed by atoms with Crippen molar-refractivity contribution < 1.29 is 18.7 Å². The van der Waals surface area contributed by atoms with Crippen LogP contribution in [0.25, 0.3) is 0 Å². The van der Waals surface area contributed by atoms with Gasteiger partial charge in [0.2, 0.25) is 0 Å². The van der Waals surface area contributed by atoms with E-state index in [1.807, 2.05) is 0 Å². The Morgan fingerprint density at radius 3 is 2.40 bits per heavy atom. The number of benzene rings is 1. The number of anilines is 1. The molecule has 1 unspecified atom stereocenters. The first-order chi connectivity index (χ1) is 9.38. The molecule has 0 saturated heterocycles. The molecule has 2 aromatic rings. The second-order valence-corrected chi connectivity index (χ2v) is 5.87. The lowest BCUT2D eigenvalue weighted by molar-refractivity contribution is 0.0696. The molecule has 3 nitrogen and oxygen atoms in total. The highest BCUT2D eigenvalue weighted by Gasteiger charge is 2.17. The SMILES string of the molecule is CC(Nc1c(F)cc(C(=O)O)cc1F)c1ccc(Cl)s1. The summed E-state index contributed by atoms with van der Waals surface area (Å²) in [6.07, 6.45) is 0. The summed E-state index contributed by atoms with van der Waals surface area (Å²) in [5.74, 6) is -3.28. The van der Waals surface area contributed by atoms with Crippen LogP contribution in [0.3, 0.4) is 0 Å². The minimum absolute atomic E-state index is 0.354. The van der Waals surface area contributed by atoms with Crippen LogP contribution >= 0.6 is 22.9 Å². The summed E-state index contributed by atoms with van der Waals surface area (Å²) in [4.78, 5) is 11.5. The second kappa shape index (κ2) is 5.76. The highest BCUT2D eigenvalue weighted by molar-refractivity contribution is 7.16. The fraction of sp³-hybridized carbons (Fsp3) is 0.154. The van der Waals surface area contributed by atoms with Crippen LogP contribution in [0.5, 0.6) is 0 Å². The Morgan fingerprint density at radius 1 is 1.35 bits per heavy atom. The number of carbonyl (C=O) groups is 1. The van der Waals surface area contributed by atoms with Gasteiger partial charge in [-0.05, 0) is 31.2 Å². The fourth-order valence-electron chi connectivity index (χ4n) is 1.68. The average Bonchev–Trinajstić information content (AvgIpc) is 2.80. The molecule has 20 heavy (non-hydrogen) atoms. The van der Waals surface area contributed by atoms with Crippen LogP contribution in [-0.4, -0.2) is 11.1 Å². The number of hydrogen-bond donors (Lipinski definition) is 2. The molecule has 0 aliphatic carbocycles. The van der Waals surface area contributed by atoms with Gasteiger partial charge in [-0.25, -0.2) is 13.6 Å². The molecular formula is C13H10ClF2NO2S. The number of thiophene rings is 1. The summed E-state index contributed by atoms with van der Waals surface area (Å²) < 4.78 is 28.1. The van der Waals surface area contributed by atoms with E-state index in [1.54, 1.807) is 19.1 Å². The number of carboxylic acid groups (broad SMARTS) is 1. The summed E-state index contributed by atoms with van der Waals surface area (Å²) in [5, 5.41) is 11.4. The minimum atomic E-state index is -1.38. The molecule has 1 heterocycles. The van der Waals surface area contributed by atoms with Gasteiger partial charge in [-0.2, -0.15) is 0 Å². The first-order valence-corrected chi connectivity index (χ1v) is 6.82. The molecule has 0 bridgehead atoms. The molecule has 0 fully saturated rings. The zero-order chi connectivity index (χ0) is 14.9. The Labute approximate surface area is 122 Å². The first kappa shape index (κ1) is 14.7. The van der Waals surface area contributed by atoms with E-state index in [-0.39, 0.29) is 11.7 Å². The van der Waals surface area contributed by atoms with Crippen molar-refractivity contribution in [3.8, 4) is 0 Å². The largest absolute Gasteiger partial charge is 0.478 e. The summed E-state index contributed by atoms with van der Waals surface area (Å²) in [7, 11) is 0. The summed E-state index contributed by atoms with van der Waals surface area (Å²) >= 11 is 7.10. The van der Waals surface area contributed by atoms with E-state index >= 15 is 0 Å². The van der Waals surface area contributed by atoms with Gasteiger partial charge in [0.1, 0.15) is 17.3 Å². The maximum atomic E-state index is 13.8. The van der Waals surface area contributed by atoms with E-state index in [1.165, 1.54) is 11.3 Å². The van der Waals surface area contributed by atoms with Crippen molar-refractivity contribution in [1.82, 2.24) is 0 Å². The van der Waals surface area contributed by atoms with Crippen LogP contribution in [-0.2, 0) is 0 Å². The molecule has 7 heteroatoms. The van der Waals surface area contributed by atoms with E-state index in [9.17, 15) is 13.6 Å². The molecule has 106 valence electrons. The van der Waals surface area contributed by atoms with Gasteiger partial charge in [0.05, 0.1) is 15.9 Å². The zero-order valence-electron chi connectivity index (χ0n) is 10.3. The van der Waals surface area contributed by atoms with E-state index in [0.717, 1.165) is 17.0 Å². The van der Waals surface area contributed by atoms with E-state index < -0.39 is 23.2 Å². The Morgan fingerprint density at radius 2 is 1.95 bits per heavy atom. The Kier molecular flexibility index (Phi) is 4.25. The Balaban J connectivity index is 2.27. The lowest BCUT2D eigenvalue weighted by Gasteiger charge is -2.15. The average molecular weight is 318 g/mol. The molecule has 1 aromatic carbocycles. The highest BCUT2D eigenvalue weighted by atomic mass is 35.5. The summed E-state index contributed by atoms with van der Waals surface area (Å²) in [6, 6.07) is 4.66. The lowest BCUT2D eigenvalue weighted by atomic mass is 10.1. The van der Waals surface area contributed by atoms with Crippen molar-refractivity contribution in [3.63, 3.8) is 0 Å². The van der Waals surface area contributed by atoms with Crippen LogP contribution < -0.4 is 5.32 Å². The van der Waals surface area contributed by atoms with Gasteiger partial charge in [0, 0.05) is 4.88 Å². The molecule has 1 atom stereocenters. The first-order valence-electron chi connectivity index (χ1n) is 5.62. The van der Waals surface area contributed by atoms with Gasteiger partial charge in [0.15, 0.2) is 0 Å². The van der Waals surface area contributed by atoms with Gasteiger partial charge in [0.25, 0.3) is 0 Å². The Hall–Kier alpha value is -1.66. The van der Waals surface area contributed by atoms with Gasteiger partial charge >= 0.3 is 5.97 Å². The number of nitrogens with one attached hydrogen (secondary N) is 1. The van der Waals surface area contributed by atoms with Crippen LogP contribution in [0.1, 0.15) is 28.2 Å². The quantitative estimate of drug-likeness (QED) is 0.869. The minimum Gasteiger partial charge on any atom is -0.478 e. The summed E-state index contributed by atoms with van der Waals surface area (Å²) in [5.41, 5.74) is -0.788. The second-order valence-electron chi connectivity index (χ2n) is 4.13. The van der Waals surface area contributed by atoms with Gasteiger partial charge < -0.3 is 10.4 Å². The van der Waals surface area contributed by atoms with Crippen molar-refractivity contribution in [2.45, 2.75) is 13.0 Å². The van der Waals surface area contributed by atoms with Crippen molar-refractivity contribution >= 4 is 34.6 Å². The normalized spacial score (nSPS) is 12.2. The monoisotopic (exact) mass is 317 g/mol. The number of hydrogen-bond acceptors (Lipinski definition) is 3. The van der Waals surface area contributed by atoms with E-state index in [2.05, 4.69) is 5.32 Å². The van der Waals surface area contributed by atoms with Crippen molar-refractivity contribution in [1.29, 1.82) is 0 Å². The topological polar surface area (TPSA) is 49.3 Å². The van der Waals surface area contributed by atoms with E-state index in [4.69, 9.17) is 16.7 Å². The van der Waals surface area contributed by atoms with Crippen LogP contribution in [0, 0.1) is 11.6 Å². The van der Waals surface area contributed by atoms with Gasteiger partial charge in [-0.15, -0.1) is 11.3 Å². The van der Waals surface area contributed by atoms with Crippen LogP contribution in [0.15, 0.2) is 24.3 Å². The molecule has 0 spiro atoms. The predicted molar refractivity (Wildman–Crippen MR) is 74.7 cm³/mol. The molecule has 0 saturated carbocycles. The maximum absolute atomic E-state index is 13.8. The van der Waals surface area contributed by atoms with Crippen LogP contribution in [0.2, 0.25) is 4.34 Å². The number of halogens is 3. The van der Waals surface area contributed by atoms with E-state index in [0.29, 0.717) is 4.34 Å². The van der Waals surface area contributed by atoms with Crippen molar-refractivity contribution in [2.75, 3.05) is 5.32 Å². The lowest BCUT2D eigenvalue weighted by Crippen LogP contribution is -2.10. The Bertz CT molecular complexity index is 637. The molecule has 2 rings (SSSR count). The zero-order valence-corrected chi connectivity index (χ0v) is 11.9. The molecule has 0 aliphatic rings. The van der Waals surface area contributed by atoms with Crippen molar-refractivity contribution in [2.24, 2.45) is 0 Å². The molecule has 0 radical (unpaired) electrons. The molecule has 0 amide bonds. The third kappa shape index (κ3) is 3.08. The number of rotatable bonds is 4. The summed E-state index contributed by atoms with van der Waals surface area (Å²) in [6.45, 7) is 1.73. The highest BCUT2D eigenvalue weighted by Crippen LogP contribution is 2.31.